The monoisotopic (exact) mass is 299 g/mol. The van der Waals surface area contributed by atoms with Crippen LogP contribution in [0.5, 0.6) is 0 Å². The summed E-state index contributed by atoms with van der Waals surface area (Å²) in [5.74, 6) is 0.0932. The van der Waals surface area contributed by atoms with Crippen LogP contribution in [0.1, 0.15) is 25.7 Å². The van der Waals surface area contributed by atoms with Crippen molar-refractivity contribution >= 4 is 11.6 Å². The number of nitrogens with zero attached hydrogens (tertiary/aromatic N) is 1. The van der Waals surface area contributed by atoms with Crippen LogP contribution in [-0.2, 0) is 9.53 Å². The molecule has 5 nitrogen and oxygen atoms in total. The second-order valence-corrected chi connectivity index (χ2v) is 5.72. The Balaban J connectivity index is 1.74. The van der Waals surface area contributed by atoms with Gasteiger partial charge in [-0.05, 0) is 31.4 Å². The third-order valence-electron chi connectivity index (χ3n) is 4.29. The van der Waals surface area contributed by atoms with Crippen molar-refractivity contribution in [2.45, 2.75) is 31.8 Å². The maximum absolute atomic E-state index is 12.6. The Hall–Kier alpha value is -2.14. The number of aromatic nitrogens is 2. The Morgan fingerprint density at radius 3 is 2.95 bits per heavy atom. The van der Waals surface area contributed by atoms with E-state index in [1.165, 1.54) is 0 Å². The molecule has 0 spiro atoms. The highest BCUT2D eigenvalue weighted by atomic mass is 16.5. The highest BCUT2D eigenvalue weighted by molar-refractivity contribution is 5.96. The van der Waals surface area contributed by atoms with Gasteiger partial charge in [0.25, 0.3) is 0 Å². The van der Waals surface area contributed by atoms with Gasteiger partial charge in [-0.3, -0.25) is 9.89 Å². The number of methoxy groups -OCH3 is 1. The standard InChI is InChI=1S/C17H21N3O2/c1-22-13-6-4-5-12(11-13)17(21)19-15-8-3-2-7-14(15)16-9-10-18-20-16/h2-3,7-10,12-13H,4-6,11H2,1H3,(H,18,20)(H,19,21). The summed E-state index contributed by atoms with van der Waals surface area (Å²) < 4.78 is 5.41. The van der Waals surface area contributed by atoms with Gasteiger partial charge in [-0.1, -0.05) is 24.6 Å². The number of para-hydroxylation sites is 1. The van der Waals surface area contributed by atoms with E-state index in [-0.39, 0.29) is 17.9 Å². The van der Waals surface area contributed by atoms with Crippen molar-refractivity contribution in [2.24, 2.45) is 5.92 Å². The maximum atomic E-state index is 12.6. The Labute approximate surface area is 130 Å². The first-order valence-electron chi connectivity index (χ1n) is 7.70. The molecule has 3 rings (SSSR count). The smallest absolute Gasteiger partial charge is 0.227 e. The molecule has 1 fully saturated rings. The molecule has 0 radical (unpaired) electrons. The molecular weight excluding hydrogens is 278 g/mol. The molecule has 1 heterocycles. The minimum absolute atomic E-state index is 0.0194. The van der Waals surface area contributed by atoms with Gasteiger partial charge >= 0.3 is 0 Å². The number of carbonyl (C=O) groups is 1. The van der Waals surface area contributed by atoms with E-state index in [2.05, 4.69) is 15.5 Å². The van der Waals surface area contributed by atoms with Gasteiger partial charge in [-0.15, -0.1) is 0 Å². The molecule has 0 aliphatic heterocycles. The van der Waals surface area contributed by atoms with Crippen LogP contribution < -0.4 is 5.32 Å². The summed E-state index contributed by atoms with van der Waals surface area (Å²) >= 11 is 0. The lowest BCUT2D eigenvalue weighted by Gasteiger charge is -2.27. The summed E-state index contributed by atoms with van der Waals surface area (Å²) in [4.78, 5) is 12.6. The number of benzene rings is 1. The molecule has 2 N–H and O–H groups in total. The van der Waals surface area contributed by atoms with Crippen molar-refractivity contribution in [2.75, 3.05) is 12.4 Å². The van der Waals surface area contributed by atoms with Crippen LogP contribution in [0.4, 0.5) is 5.69 Å². The van der Waals surface area contributed by atoms with Gasteiger partial charge in [0, 0.05) is 24.8 Å². The van der Waals surface area contributed by atoms with Crippen LogP contribution in [0, 0.1) is 5.92 Å². The Morgan fingerprint density at radius 2 is 2.18 bits per heavy atom. The van der Waals surface area contributed by atoms with E-state index < -0.39 is 0 Å². The SMILES string of the molecule is COC1CCCC(C(=O)Nc2ccccc2-c2cc[nH]n2)C1. The zero-order valence-electron chi connectivity index (χ0n) is 12.7. The first kappa shape index (κ1) is 14.8. The quantitative estimate of drug-likeness (QED) is 0.911. The molecule has 1 aliphatic rings. The molecular formula is C17H21N3O2. The normalized spacial score (nSPS) is 21.5. The average Bonchev–Trinajstić information content (AvgIpc) is 3.09. The fraction of sp³-hybridized carbons (Fsp3) is 0.412. The minimum atomic E-state index is 0.0194. The molecule has 2 unspecified atom stereocenters. The summed E-state index contributed by atoms with van der Waals surface area (Å²) in [5, 5.41) is 10.1. The lowest BCUT2D eigenvalue weighted by molar-refractivity contribution is -0.122. The Morgan fingerprint density at radius 1 is 1.32 bits per heavy atom. The number of hydrogen-bond donors (Lipinski definition) is 2. The number of aromatic amines is 1. The number of anilines is 1. The number of rotatable bonds is 4. The van der Waals surface area contributed by atoms with Crippen molar-refractivity contribution in [3.8, 4) is 11.3 Å². The molecule has 116 valence electrons. The van der Waals surface area contributed by atoms with E-state index in [0.29, 0.717) is 0 Å². The van der Waals surface area contributed by atoms with Crippen LogP contribution >= 0.6 is 0 Å². The van der Waals surface area contributed by atoms with E-state index in [1.54, 1.807) is 13.3 Å². The Kier molecular flexibility index (Phi) is 4.53. The van der Waals surface area contributed by atoms with Crippen LogP contribution in [0.15, 0.2) is 36.5 Å². The Bertz CT molecular complexity index is 625. The molecule has 1 saturated carbocycles. The molecule has 1 aromatic heterocycles. The molecule has 22 heavy (non-hydrogen) atoms. The van der Waals surface area contributed by atoms with Gasteiger partial charge in [0.2, 0.25) is 5.91 Å². The average molecular weight is 299 g/mol. The molecule has 5 heteroatoms. The van der Waals surface area contributed by atoms with Crippen molar-refractivity contribution in [3.05, 3.63) is 36.5 Å². The van der Waals surface area contributed by atoms with E-state index in [9.17, 15) is 4.79 Å². The number of amides is 1. The maximum Gasteiger partial charge on any atom is 0.227 e. The number of carbonyl (C=O) groups excluding carboxylic acids is 1. The lowest BCUT2D eigenvalue weighted by Crippen LogP contribution is -2.31. The number of hydrogen-bond acceptors (Lipinski definition) is 3. The van der Waals surface area contributed by atoms with E-state index in [4.69, 9.17) is 4.74 Å². The predicted molar refractivity (Wildman–Crippen MR) is 85.4 cm³/mol. The van der Waals surface area contributed by atoms with Gasteiger partial charge in [-0.25, -0.2) is 0 Å². The van der Waals surface area contributed by atoms with Crippen LogP contribution in [0.25, 0.3) is 11.3 Å². The molecule has 2 atom stereocenters. The van der Waals surface area contributed by atoms with E-state index >= 15 is 0 Å². The third-order valence-corrected chi connectivity index (χ3v) is 4.29. The molecule has 0 saturated heterocycles. The highest BCUT2D eigenvalue weighted by Crippen LogP contribution is 2.30. The van der Waals surface area contributed by atoms with Gasteiger partial charge in [0.15, 0.2) is 0 Å². The topological polar surface area (TPSA) is 67.0 Å². The summed E-state index contributed by atoms with van der Waals surface area (Å²) in [7, 11) is 1.72. The molecule has 1 aliphatic carbocycles. The summed E-state index contributed by atoms with van der Waals surface area (Å²) in [6, 6.07) is 9.64. The van der Waals surface area contributed by atoms with Gasteiger partial charge in [0.05, 0.1) is 17.5 Å². The van der Waals surface area contributed by atoms with Crippen LogP contribution in [0.2, 0.25) is 0 Å². The third kappa shape index (κ3) is 3.20. The fourth-order valence-corrected chi connectivity index (χ4v) is 3.06. The summed E-state index contributed by atoms with van der Waals surface area (Å²) in [5.41, 5.74) is 2.56. The van der Waals surface area contributed by atoms with Gasteiger partial charge in [-0.2, -0.15) is 5.10 Å². The van der Waals surface area contributed by atoms with Crippen molar-refractivity contribution in [3.63, 3.8) is 0 Å². The fourth-order valence-electron chi connectivity index (χ4n) is 3.06. The number of ether oxygens (including phenoxy) is 1. The van der Waals surface area contributed by atoms with Gasteiger partial charge in [0.1, 0.15) is 0 Å². The lowest BCUT2D eigenvalue weighted by atomic mass is 9.86. The van der Waals surface area contributed by atoms with Gasteiger partial charge < -0.3 is 10.1 Å². The zero-order valence-corrected chi connectivity index (χ0v) is 12.7. The van der Waals surface area contributed by atoms with Crippen LogP contribution in [0.3, 0.4) is 0 Å². The second-order valence-electron chi connectivity index (χ2n) is 5.72. The molecule has 0 bridgehead atoms. The van der Waals surface area contributed by atoms with E-state index in [1.807, 2.05) is 30.3 Å². The van der Waals surface area contributed by atoms with Crippen molar-refractivity contribution < 1.29 is 9.53 Å². The summed E-state index contributed by atoms with van der Waals surface area (Å²) in [6.45, 7) is 0. The van der Waals surface area contributed by atoms with E-state index in [0.717, 1.165) is 42.6 Å². The first-order valence-corrected chi connectivity index (χ1v) is 7.70. The van der Waals surface area contributed by atoms with Crippen molar-refractivity contribution in [1.82, 2.24) is 10.2 Å². The molecule has 1 amide bonds. The number of nitrogens with one attached hydrogen (secondary N) is 2. The first-order chi connectivity index (χ1) is 10.8. The predicted octanol–water partition coefficient (Wildman–Crippen LogP) is 3.22. The highest BCUT2D eigenvalue weighted by Gasteiger charge is 2.27. The van der Waals surface area contributed by atoms with Crippen LogP contribution in [-0.4, -0.2) is 29.3 Å². The van der Waals surface area contributed by atoms with Crippen molar-refractivity contribution in [1.29, 1.82) is 0 Å². The molecule has 1 aromatic carbocycles. The molecule has 2 aromatic rings. The minimum Gasteiger partial charge on any atom is -0.381 e. The number of H-pyrrole nitrogens is 1. The summed E-state index contributed by atoms with van der Waals surface area (Å²) in [6.07, 6.45) is 5.79. The zero-order chi connectivity index (χ0) is 15.4. The second kappa shape index (κ2) is 6.75. The largest absolute Gasteiger partial charge is 0.381 e.